The molecule has 7 heteroatoms. The lowest BCUT2D eigenvalue weighted by Crippen LogP contribution is -2.34. The zero-order valence-electron chi connectivity index (χ0n) is 17.9. The third kappa shape index (κ3) is 7.25. The summed E-state index contributed by atoms with van der Waals surface area (Å²) in [6.45, 7) is 1.47. The maximum atomic E-state index is 11.4. The average molecular weight is 455 g/mol. The van der Waals surface area contributed by atoms with E-state index in [2.05, 4.69) is 4.90 Å². The number of hydrogen-bond donors (Lipinski definition) is 3. The van der Waals surface area contributed by atoms with Crippen molar-refractivity contribution in [2.45, 2.75) is 29.9 Å². The summed E-state index contributed by atoms with van der Waals surface area (Å²) in [4.78, 5) is 2.16. The third-order valence-corrected chi connectivity index (χ3v) is 6.35. The van der Waals surface area contributed by atoms with Crippen molar-refractivity contribution in [2.24, 2.45) is 5.14 Å². The van der Waals surface area contributed by atoms with Gasteiger partial charge in [-0.05, 0) is 48.2 Å². The largest absolute Gasteiger partial charge is 0.387 e. The van der Waals surface area contributed by atoms with Crippen molar-refractivity contribution in [1.29, 1.82) is 0 Å². The molecule has 6 nitrogen and oxygen atoms in total. The Morgan fingerprint density at radius 2 is 1.22 bits per heavy atom. The highest BCUT2D eigenvalue weighted by molar-refractivity contribution is 7.89. The van der Waals surface area contributed by atoms with E-state index in [0.29, 0.717) is 19.6 Å². The molecule has 2 unspecified atom stereocenters. The minimum absolute atomic E-state index is 0.0971. The number of rotatable bonds is 11. The number of aliphatic hydroxyl groups is 2. The lowest BCUT2D eigenvalue weighted by Gasteiger charge is -2.27. The Hall–Kier alpha value is -2.55. The van der Waals surface area contributed by atoms with Gasteiger partial charge in [0.15, 0.2) is 0 Å². The van der Waals surface area contributed by atoms with Gasteiger partial charge in [-0.15, -0.1) is 0 Å². The molecule has 0 aliphatic heterocycles. The molecule has 0 aliphatic carbocycles. The molecule has 0 saturated carbocycles. The molecular weight excluding hydrogens is 424 g/mol. The molecule has 0 saturated heterocycles. The number of hydrogen-bond acceptors (Lipinski definition) is 5. The van der Waals surface area contributed by atoms with Gasteiger partial charge in [0.1, 0.15) is 0 Å². The van der Waals surface area contributed by atoms with Crippen molar-refractivity contribution in [3.8, 4) is 0 Å². The summed E-state index contributed by atoms with van der Waals surface area (Å²) in [5, 5.41) is 26.6. The summed E-state index contributed by atoms with van der Waals surface area (Å²) >= 11 is 0. The summed E-state index contributed by atoms with van der Waals surface area (Å²) in [5.74, 6) is 0. The van der Waals surface area contributed by atoms with E-state index >= 15 is 0 Å². The fourth-order valence-electron chi connectivity index (χ4n) is 3.66. The van der Waals surface area contributed by atoms with Crippen molar-refractivity contribution in [3.63, 3.8) is 0 Å². The maximum absolute atomic E-state index is 11.4. The van der Waals surface area contributed by atoms with Crippen LogP contribution in [0.25, 0.3) is 0 Å². The summed E-state index contributed by atoms with van der Waals surface area (Å²) in [7, 11) is -3.70. The van der Waals surface area contributed by atoms with Gasteiger partial charge in [-0.1, -0.05) is 72.8 Å². The van der Waals surface area contributed by atoms with Gasteiger partial charge in [0.05, 0.1) is 17.1 Å². The first-order valence-corrected chi connectivity index (χ1v) is 12.2. The number of aryl methyl sites for hydroxylation is 1. The van der Waals surface area contributed by atoms with Crippen LogP contribution in [0.5, 0.6) is 0 Å². The first-order chi connectivity index (χ1) is 15.3. The normalized spacial score (nSPS) is 13.8. The van der Waals surface area contributed by atoms with Crippen LogP contribution in [0.2, 0.25) is 0 Å². The summed E-state index contributed by atoms with van der Waals surface area (Å²) in [6.07, 6.45) is 0.212. The van der Waals surface area contributed by atoms with E-state index in [0.717, 1.165) is 29.5 Å². The molecule has 3 aromatic carbocycles. The molecule has 32 heavy (non-hydrogen) atoms. The molecule has 0 fully saturated rings. The zero-order chi connectivity index (χ0) is 23.0. The monoisotopic (exact) mass is 454 g/mol. The van der Waals surface area contributed by atoms with Crippen LogP contribution in [0, 0.1) is 0 Å². The van der Waals surface area contributed by atoms with Gasteiger partial charge >= 0.3 is 0 Å². The number of primary sulfonamides is 1. The molecule has 0 bridgehead atoms. The Bertz CT molecular complexity index is 1010. The molecule has 0 aromatic heterocycles. The fraction of sp³-hybridized carbons (Fsp3) is 0.280. The molecule has 0 spiro atoms. The zero-order valence-corrected chi connectivity index (χ0v) is 18.7. The maximum Gasteiger partial charge on any atom is 0.238 e. The number of nitrogens with zero attached hydrogens (tertiary/aromatic N) is 1. The van der Waals surface area contributed by atoms with Crippen LogP contribution < -0.4 is 5.14 Å². The first kappa shape index (κ1) is 24.1. The van der Waals surface area contributed by atoms with Crippen LogP contribution in [0.3, 0.4) is 0 Å². The molecule has 0 radical (unpaired) electrons. The molecule has 3 rings (SSSR count). The summed E-state index contributed by atoms with van der Waals surface area (Å²) in [6, 6.07) is 25.5. The van der Waals surface area contributed by atoms with Gasteiger partial charge in [0.2, 0.25) is 10.0 Å². The molecule has 170 valence electrons. The van der Waals surface area contributed by atoms with Crippen molar-refractivity contribution in [2.75, 3.05) is 19.6 Å². The number of nitrogens with two attached hydrogens (primary N) is 1. The Morgan fingerprint density at radius 1 is 0.750 bits per heavy atom. The second kappa shape index (κ2) is 11.4. The first-order valence-electron chi connectivity index (χ1n) is 10.6. The van der Waals surface area contributed by atoms with E-state index in [9.17, 15) is 18.6 Å². The molecule has 2 atom stereocenters. The van der Waals surface area contributed by atoms with E-state index < -0.39 is 22.2 Å². The Kier molecular flexibility index (Phi) is 8.55. The second-order valence-electron chi connectivity index (χ2n) is 7.91. The highest BCUT2D eigenvalue weighted by atomic mass is 32.2. The molecule has 0 aliphatic rings. The number of sulfonamides is 1. The SMILES string of the molecule is NS(=O)(=O)c1ccc(CCCN(CC(O)c2ccccc2)CC(O)c2ccccc2)cc1. The average Bonchev–Trinajstić information content (AvgIpc) is 2.80. The highest BCUT2D eigenvalue weighted by Crippen LogP contribution is 2.19. The number of benzene rings is 3. The van der Waals surface area contributed by atoms with E-state index in [4.69, 9.17) is 5.14 Å². The van der Waals surface area contributed by atoms with Gasteiger partial charge in [-0.3, -0.25) is 4.90 Å². The topological polar surface area (TPSA) is 104 Å². The van der Waals surface area contributed by atoms with Crippen molar-refractivity contribution in [3.05, 3.63) is 102 Å². The fourth-order valence-corrected chi connectivity index (χ4v) is 4.18. The van der Waals surface area contributed by atoms with Gasteiger partial charge < -0.3 is 10.2 Å². The Balaban J connectivity index is 1.63. The molecule has 4 N–H and O–H groups in total. The summed E-state index contributed by atoms with van der Waals surface area (Å²) < 4.78 is 22.8. The highest BCUT2D eigenvalue weighted by Gasteiger charge is 2.18. The number of aliphatic hydroxyl groups excluding tert-OH is 2. The van der Waals surface area contributed by atoms with Gasteiger partial charge in [-0.2, -0.15) is 0 Å². The standard InChI is InChI=1S/C25H30N2O4S/c26-32(30,31)23-15-13-20(14-16-23)8-7-17-27(18-24(28)21-9-3-1-4-10-21)19-25(29)22-11-5-2-6-12-22/h1-6,9-16,24-25,28-29H,7-8,17-19H2,(H2,26,30,31). The van der Waals surface area contributed by atoms with E-state index in [1.807, 2.05) is 60.7 Å². The van der Waals surface area contributed by atoms with Crippen LogP contribution in [0.4, 0.5) is 0 Å². The van der Waals surface area contributed by atoms with E-state index in [-0.39, 0.29) is 4.90 Å². The molecule has 0 amide bonds. The molecular formula is C25H30N2O4S. The Morgan fingerprint density at radius 3 is 1.66 bits per heavy atom. The quantitative estimate of drug-likeness (QED) is 0.413. The minimum atomic E-state index is -3.70. The lowest BCUT2D eigenvalue weighted by atomic mass is 10.1. The van der Waals surface area contributed by atoms with Crippen LogP contribution in [-0.2, 0) is 16.4 Å². The third-order valence-electron chi connectivity index (χ3n) is 5.42. The van der Waals surface area contributed by atoms with Crippen LogP contribution in [0.1, 0.15) is 35.3 Å². The van der Waals surface area contributed by atoms with Crippen LogP contribution in [0.15, 0.2) is 89.8 Å². The van der Waals surface area contributed by atoms with Crippen molar-refractivity contribution >= 4 is 10.0 Å². The molecule has 3 aromatic rings. The van der Waals surface area contributed by atoms with Crippen LogP contribution in [-0.4, -0.2) is 43.2 Å². The van der Waals surface area contributed by atoms with Crippen molar-refractivity contribution in [1.82, 2.24) is 4.90 Å². The van der Waals surface area contributed by atoms with Gasteiger partial charge in [-0.25, -0.2) is 13.6 Å². The van der Waals surface area contributed by atoms with Crippen LogP contribution >= 0.6 is 0 Å². The summed E-state index contributed by atoms with van der Waals surface area (Å²) in [5.41, 5.74) is 2.68. The predicted molar refractivity (Wildman–Crippen MR) is 125 cm³/mol. The smallest absolute Gasteiger partial charge is 0.238 e. The minimum Gasteiger partial charge on any atom is -0.387 e. The van der Waals surface area contributed by atoms with Crippen molar-refractivity contribution < 1.29 is 18.6 Å². The van der Waals surface area contributed by atoms with E-state index in [1.165, 1.54) is 12.1 Å². The van der Waals surface area contributed by atoms with Gasteiger partial charge in [0, 0.05) is 13.1 Å². The molecule has 0 heterocycles. The second-order valence-corrected chi connectivity index (χ2v) is 9.47. The Labute approximate surface area is 190 Å². The predicted octanol–water partition coefficient (Wildman–Crippen LogP) is 3.04. The van der Waals surface area contributed by atoms with E-state index in [1.54, 1.807) is 12.1 Å². The lowest BCUT2D eigenvalue weighted by molar-refractivity contribution is 0.0682. The van der Waals surface area contributed by atoms with Gasteiger partial charge in [0.25, 0.3) is 0 Å².